The number of rotatable bonds is 6. The van der Waals surface area contributed by atoms with E-state index in [1.54, 1.807) is 45.0 Å². The van der Waals surface area contributed by atoms with E-state index >= 15 is 0 Å². The van der Waals surface area contributed by atoms with Gasteiger partial charge < -0.3 is 25.3 Å². The summed E-state index contributed by atoms with van der Waals surface area (Å²) in [5.41, 5.74) is 6.65. The molecule has 0 aliphatic carbocycles. The summed E-state index contributed by atoms with van der Waals surface area (Å²) in [6, 6.07) is 5.28. The molecule has 1 aromatic carbocycles. The first-order valence-electron chi connectivity index (χ1n) is 8.79. The minimum atomic E-state index is -0.739. The summed E-state index contributed by atoms with van der Waals surface area (Å²) in [6.45, 7) is 5.20. The van der Waals surface area contributed by atoms with Gasteiger partial charge in [0, 0.05) is 6.08 Å². The first kappa shape index (κ1) is 20.4. The predicted molar refractivity (Wildman–Crippen MR) is 108 cm³/mol. The minimum Gasteiger partial charge on any atom is -0.459 e. The maximum absolute atomic E-state index is 12.3. The Morgan fingerprint density at radius 2 is 1.97 bits per heavy atom. The third-order valence-corrected chi connectivity index (χ3v) is 5.17. The van der Waals surface area contributed by atoms with Crippen LogP contribution in [0.2, 0.25) is 0 Å². The molecule has 0 spiro atoms. The Kier molecular flexibility index (Phi) is 5.88. The van der Waals surface area contributed by atoms with E-state index in [9.17, 15) is 14.4 Å². The van der Waals surface area contributed by atoms with Gasteiger partial charge in [0.15, 0.2) is 11.5 Å². The predicted octanol–water partition coefficient (Wildman–Crippen LogP) is 3.10. The van der Waals surface area contributed by atoms with E-state index in [4.69, 9.17) is 19.9 Å². The Bertz CT molecular complexity index is 1010. The molecule has 0 saturated carbocycles. The molecule has 1 aliphatic heterocycles. The summed E-state index contributed by atoms with van der Waals surface area (Å²) in [7, 11) is 0. The number of ether oxygens (including phenoxy) is 3. The van der Waals surface area contributed by atoms with E-state index < -0.39 is 17.8 Å². The van der Waals surface area contributed by atoms with Crippen LogP contribution in [-0.4, -0.2) is 30.7 Å². The van der Waals surface area contributed by atoms with Crippen molar-refractivity contribution in [2.24, 2.45) is 5.73 Å². The summed E-state index contributed by atoms with van der Waals surface area (Å²) in [4.78, 5) is 36.7. The molecule has 29 heavy (non-hydrogen) atoms. The van der Waals surface area contributed by atoms with Gasteiger partial charge in [-0.1, -0.05) is 6.07 Å². The second-order valence-corrected chi connectivity index (χ2v) is 7.53. The van der Waals surface area contributed by atoms with E-state index in [-0.39, 0.29) is 28.3 Å². The number of benzene rings is 1. The highest BCUT2D eigenvalue weighted by atomic mass is 32.1. The zero-order valence-electron chi connectivity index (χ0n) is 16.1. The average Bonchev–Trinajstić information content (AvgIpc) is 3.23. The van der Waals surface area contributed by atoms with Gasteiger partial charge in [-0.15, -0.1) is 11.3 Å². The molecule has 1 aromatic heterocycles. The number of thiophene rings is 1. The summed E-state index contributed by atoms with van der Waals surface area (Å²) < 4.78 is 15.7. The lowest BCUT2D eigenvalue weighted by molar-refractivity contribution is -0.111. The zero-order valence-corrected chi connectivity index (χ0v) is 16.9. The number of amides is 2. The van der Waals surface area contributed by atoms with Gasteiger partial charge in [0.25, 0.3) is 5.91 Å². The Morgan fingerprint density at radius 1 is 1.24 bits per heavy atom. The van der Waals surface area contributed by atoms with Crippen LogP contribution in [0, 0.1) is 6.92 Å². The van der Waals surface area contributed by atoms with Gasteiger partial charge in [-0.2, -0.15) is 0 Å². The molecule has 0 bridgehead atoms. The molecule has 3 rings (SSSR count). The highest BCUT2D eigenvalue weighted by Crippen LogP contribution is 2.34. The molecule has 0 fully saturated rings. The molecule has 2 aromatic rings. The number of esters is 1. The van der Waals surface area contributed by atoms with Gasteiger partial charge in [-0.05, 0) is 50.1 Å². The van der Waals surface area contributed by atoms with Crippen molar-refractivity contribution in [2.75, 3.05) is 12.1 Å². The molecule has 2 heterocycles. The molecule has 0 radical (unpaired) electrons. The second kappa shape index (κ2) is 8.36. The fourth-order valence-corrected chi connectivity index (χ4v) is 3.80. The molecular weight excluding hydrogens is 396 g/mol. The lowest BCUT2D eigenvalue weighted by atomic mass is 10.1. The van der Waals surface area contributed by atoms with E-state index in [0.29, 0.717) is 17.1 Å². The van der Waals surface area contributed by atoms with Crippen molar-refractivity contribution in [1.29, 1.82) is 0 Å². The number of fused-ring (bicyclic) bond motifs is 1. The van der Waals surface area contributed by atoms with Crippen LogP contribution >= 0.6 is 11.3 Å². The summed E-state index contributed by atoms with van der Waals surface area (Å²) in [5, 5.41) is 2.81. The number of carbonyl (C=O) groups excluding carboxylic acids is 3. The molecule has 0 atom stereocenters. The number of nitrogens with one attached hydrogen (secondary N) is 1. The summed E-state index contributed by atoms with van der Waals surface area (Å²) in [6.07, 6.45) is 2.59. The smallest absolute Gasteiger partial charge is 0.348 e. The Balaban J connectivity index is 1.78. The minimum absolute atomic E-state index is 0.0931. The SMILES string of the molecule is Cc1c(C(=O)OC(C)C)sc(NC(=O)/C=C\c2ccc3c(c2)OCO3)c1C(N)=O. The van der Waals surface area contributed by atoms with Crippen LogP contribution in [0.5, 0.6) is 11.5 Å². The van der Waals surface area contributed by atoms with Gasteiger partial charge in [-0.3, -0.25) is 9.59 Å². The van der Waals surface area contributed by atoms with E-state index in [1.807, 2.05) is 0 Å². The lowest BCUT2D eigenvalue weighted by Crippen LogP contribution is -2.16. The topological polar surface area (TPSA) is 117 Å². The normalized spacial score (nSPS) is 12.4. The molecule has 1 aliphatic rings. The fourth-order valence-electron chi connectivity index (χ4n) is 2.70. The highest BCUT2D eigenvalue weighted by Gasteiger charge is 2.25. The van der Waals surface area contributed by atoms with Crippen LogP contribution in [0.15, 0.2) is 24.3 Å². The van der Waals surface area contributed by atoms with Gasteiger partial charge in [0.2, 0.25) is 12.7 Å². The van der Waals surface area contributed by atoms with E-state index in [0.717, 1.165) is 16.9 Å². The molecule has 3 N–H and O–H groups in total. The van der Waals surface area contributed by atoms with Crippen molar-refractivity contribution in [3.05, 3.63) is 45.8 Å². The standard InChI is InChI=1S/C20H20N2O6S/c1-10(2)28-20(25)17-11(3)16(18(21)24)19(29-17)22-15(23)7-5-12-4-6-13-14(8-12)27-9-26-13/h4-8,10H,9H2,1-3H3,(H2,21,24)(H,22,23)/b7-5-. The molecule has 152 valence electrons. The van der Waals surface area contributed by atoms with Crippen LogP contribution in [0.4, 0.5) is 5.00 Å². The number of hydrogen-bond acceptors (Lipinski definition) is 7. The fraction of sp³-hybridized carbons (Fsp3) is 0.250. The molecule has 0 saturated heterocycles. The Labute approximate surface area is 171 Å². The third kappa shape index (κ3) is 4.57. The Hall–Kier alpha value is -3.33. The van der Waals surface area contributed by atoms with Crippen LogP contribution in [0.25, 0.3) is 6.08 Å². The second-order valence-electron chi connectivity index (χ2n) is 6.51. The molecular formula is C20H20N2O6S. The van der Waals surface area contributed by atoms with Crippen molar-refractivity contribution >= 4 is 40.2 Å². The van der Waals surface area contributed by atoms with Gasteiger partial charge in [0.1, 0.15) is 9.88 Å². The largest absolute Gasteiger partial charge is 0.459 e. The highest BCUT2D eigenvalue weighted by molar-refractivity contribution is 7.18. The van der Waals surface area contributed by atoms with Crippen molar-refractivity contribution in [2.45, 2.75) is 26.9 Å². The maximum Gasteiger partial charge on any atom is 0.348 e. The maximum atomic E-state index is 12.3. The number of primary amides is 1. The molecule has 9 heteroatoms. The van der Waals surface area contributed by atoms with Gasteiger partial charge in [-0.25, -0.2) is 4.79 Å². The average molecular weight is 416 g/mol. The van der Waals surface area contributed by atoms with Crippen molar-refractivity contribution < 1.29 is 28.6 Å². The van der Waals surface area contributed by atoms with Gasteiger partial charge in [0.05, 0.1) is 11.7 Å². The monoisotopic (exact) mass is 416 g/mol. The van der Waals surface area contributed by atoms with Crippen molar-refractivity contribution in [3.63, 3.8) is 0 Å². The Morgan fingerprint density at radius 3 is 2.66 bits per heavy atom. The van der Waals surface area contributed by atoms with Crippen LogP contribution in [-0.2, 0) is 9.53 Å². The van der Waals surface area contributed by atoms with Gasteiger partial charge >= 0.3 is 5.97 Å². The quantitative estimate of drug-likeness (QED) is 0.552. The van der Waals surface area contributed by atoms with Crippen molar-refractivity contribution in [1.82, 2.24) is 0 Å². The van der Waals surface area contributed by atoms with Crippen molar-refractivity contribution in [3.8, 4) is 11.5 Å². The number of nitrogens with two attached hydrogens (primary N) is 1. The number of anilines is 1. The summed E-state index contributed by atoms with van der Waals surface area (Å²) >= 11 is 0.953. The van der Waals surface area contributed by atoms with Crippen LogP contribution in [0.1, 0.15) is 45.0 Å². The zero-order chi connectivity index (χ0) is 21.1. The first-order valence-corrected chi connectivity index (χ1v) is 9.60. The summed E-state index contributed by atoms with van der Waals surface area (Å²) in [5.74, 6) is -0.535. The third-order valence-electron chi connectivity index (χ3n) is 3.98. The molecule has 0 unspecified atom stereocenters. The lowest BCUT2D eigenvalue weighted by Gasteiger charge is -2.06. The van der Waals surface area contributed by atoms with Crippen LogP contribution < -0.4 is 20.5 Å². The first-order chi connectivity index (χ1) is 13.8. The number of carbonyl (C=O) groups is 3. The van der Waals surface area contributed by atoms with Crippen LogP contribution in [0.3, 0.4) is 0 Å². The number of hydrogen-bond donors (Lipinski definition) is 2. The molecule has 8 nitrogen and oxygen atoms in total. The van der Waals surface area contributed by atoms with E-state index in [2.05, 4.69) is 5.32 Å². The van der Waals surface area contributed by atoms with E-state index in [1.165, 1.54) is 6.08 Å². The molecule has 2 amide bonds.